The minimum atomic E-state index is -3.47. The van der Waals surface area contributed by atoms with E-state index in [0.29, 0.717) is 10.6 Å². The molecule has 1 aliphatic carbocycles. The fraction of sp³-hybridized carbons (Fsp3) is 0.267. The van der Waals surface area contributed by atoms with E-state index in [-0.39, 0.29) is 6.54 Å². The van der Waals surface area contributed by atoms with Crippen LogP contribution in [0.4, 0.5) is 0 Å². The monoisotopic (exact) mass is 288 g/mol. The Morgan fingerprint density at radius 2 is 1.95 bits per heavy atom. The van der Waals surface area contributed by atoms with Gasteiger partial charge in [0.1, 0.15) is 0 Å². The van der Waals surface area contributed by atoms with E-state index in [1.165, 1.54) is 5.56 Å². The van der Waals surface area contributed by atoms with Crippen molar-refractivity contribution >= 4 is 10.0 Å². The summed E-state index contributed by atoms with van der Waals surface area (Å²) in [4.78, 5) is 4.45. The Hall–Kier alpha value is -1.72. The lowest BCUT2D eigenvalue weighted by Crippen LogP contribution is -2.23. The number of aryl methyl sites for hydroxylation is 2. The number of hydrogen-bond acceptors (Lipinski definition) is 3. The molecule has 0 spiro atoms. The van der Waals surface area contributed by atoms with Gasteiger partial charge in [-0.3, -0.25) is 4.98 Å². The number of nitrogens with zero attached hydrogens (tertiary/aromatic N) is 1. The maximum absolute atomic E-state index is 12.3. The van der Waals surface area contributed by atoms with Gasteiger partial charge in [0, 0.05) is 6.20 Å². The summed E-state index contributed by atoms with van der Waals surface area (Å²) in [6, 6.07) is 10.8. The Bertz CT molecular complexity index is 712. The summed E-state index contributed by atoms with van der Waals surface area (Å²) in [6.07, 6.45) is 4.79. The van der Waals surface area contributed by atoms with Crippen LogP contribution in [0.25, 0.3) is 0 Å². The Morgan fingerprint density at radius 3 is 2.75 bits per heavy atom. The van der Waals surface area contributed by atoms with Crippen molar-refractivity contribution < 1.29 is 8.42 Å². The van der Waals surface area contributed by atoms with Crippen molar-refractivity contribution in [2.45, 2.75) is 30.7 Å². The first-order valence-corrected chi connectivity index (χ1v) is 8.15. The average molecular weight is 288 g/mol. The molecule has 0 unspecified atom stereocenters. The Morgan fingerprint density at radius 1 is 1.10 bits per heavy atom. The summed E-state index contributed by atoms with van der Waals surface area (Å²) in [5.74, 6) is 0. The van der Waals surface area contributed by atoms with Crippen LogP contribution in [-0.4, -0.2) is 13.4 Å². The van der Waals surface area contributed by atoms with Gasteiger partial charge in [0.05, 0.1) is 17.1 Å². The molecule has 0 atom stereocenters. The van der Waals surface area contributed by atoms with Crippen LogP contribution in [0.15, 0.2) is 47.5 Å². The number of aromatic nitrogens is 1. The summed E-state index contributed by atoms with van der Waals surface area (Å²) in [5.41, 5.74) is 3.14. The van der Waals surface area contributed by atoms with Crippen molar-refractivity contribution in [1.82, 2.24) is 9.71 Å². The Labute approximate surface area is 118 Å². The predicted octanol–water partition coefficient (Wildman–Crippen LogP) is 2.05. The van der Waals surface area contributed by atoms with Gasteiger partial charge in [0.2, 0.25) is 10.0 Å². The number of fused-ring (bicyclic) bond motifs is 1. The first kappa shape index (κ1) is 13.3. The molecular formula is C15H16N2O2S. The highest BCUT2D eigenvalue weighted by Crippen LogP contribution is 2.24. The number of benzene rings is 1. The quantitative estimate of drug-likeness (QED) is 0.936. The lowest BCUT2D eigenvalue weighted by atomic mass is 10.1. The third-order valence-corrected chi connectivity index (χ3v) is 4.95. The van der Waals surface area contributed by atoms with E-state index < -0.39 is 10.0 Å². The molecule has 1 aromatic carbocycles. The second kappa shape index (κ2) is 5.34. The first-order valence-electron chi connectivity index (χ1n) is 6.66. The van der Waals surface area contributed by atoms with E-state index in [9.17, 15) is 8.42 Å². The first-order chi connectivity index (χ1) is 9.65. The highest BCUT2D eigenvalue weighted by atomic mass is 32.2. The number of rotatable bonds is 4. The molecule has 1 N–H and O–H groups in total. The zero-order chi connectivity index (χ0) is 14.0. The second-order valence-corrected chi connectivity index (χ2v) is 6.70. The number of sulfonamides is 1. The maximum atomic E-state index is 12.3. The number of hydrogen-bond donors (Lipinski definition) is 1. The normalized spacial score (nSPS) is 14.2. The number of pyridine rings is 1. The summed E-state index contributed by atoms with van der Waals surface area (Å²) < 4.78 is 27.1. The molecule has 0 fully saturated rings. The van der Waals surface area contributed by atoms with Gasteiger partial charge < -0.3 is 0 Å². The molecule has 3 rings (SSSR count). The van der Waals surface area contributed by atoms with Gasteiger partial charge in [-0.25, -0.2) is 13.1 Å². The fourth-order valence-corrected chi connectivity index (χ4v) is 3.52. The molecule has 4 nitrogen and oxygen atoms in total. The van der Waals surface area contributed by atoms with Gasteiger partial charge in [-0.1, -0.05) is 12.1 Å². The van der Waals surface area contributed by atoms with Gasteiger partial charge in [-0.15, -0.1) is 0 Å². The number of nitrogens with one attached hydrogen (secondary N) is 1. The van der Waals surface area contributed by atoms with Crippen LogP contribution in [-0.2, 0) is 29.4 Å². The smallest absolute Gasteiger partial charge is 0.240 e. The van der Waals surface area contributed by atoms with E-state index in [0.717, 1.165) is 24.8 Å². The molecule has 5 heteroatoms. The fourth-order valence-electron chi connectivity index (χ4n) is 2.47. The lowest BCUT2D eigenvalue weighted by Gasteiger charge is -2.08. The van der Waals surface area contributed by atoms with Crippen LogP contribution >= 0.6 is 0 Å². The van der Waals surface area contributed by atoms with Crippen molar-refractivity contribution in [1.29, 1.82) is 0 Å². The van der Waals surface area contributed by atoms with E-state index in [1.807, 2.05) is 12.1 Å². The van der Waals surface area contributed by atoms with E-state index in [2.05, 4.69) is 9.71 Å². The summed E-state index contributed by atoms with van der Waals surface area (Å²) >= 11 is 0. The summed E-state index contributed by atoms with van der Waals surface area (Å²) in [5, 5.41) is 0. The second-order valence-electron chi connectivity index (χ2n) is 4.93. The Balaban J connectivity index is 1.78. The third-order valence-electron chi connectivity index (χ3n) is 3.55. The highest BCUT2D eigenvalue weighted by Gasteiger charge is 2.18. The van der Waals surface area contributed by atoms with Crippen molar-refractivity contribution in [3.05, 3.63) is 59.4 Å². The standard InChI is InChI=1S/C15H16N2O2S/c18-20(19,17-11-14-6-1-2-9-16-14)15-8-7-12-4-3-5-13(12)10-15/h1-2,6-10,17H,3-5,11H2. The van der Waals surface area contributed by atoms with Crippen LogP contribution in [0.5, 0.6) is 0 Å². The van der Waals surface area contributed by atoms with E-state index in [4.69, 9.17) is 0 Å². The predicted molar refractivity (Wildman–Crippen MR) is 76.7 cm³/mol. The van der Waals surface area contributed by atoms with Crippen LogP contribution < -0.4 is 4.72 Å². The average Bonchev–Trinajstić information content (AvgIpc) is 2.94. The van der Waals surface area contributed by atoms with Crippen molar-refractivity contribution in [3.63, 3.8) is 0 Å². The molecule has 2 aromatic rings. The molecule has 0 saturated heterocycles. The minimum absolute atomic E-state index is 0.209. The molecule has 0 bridgehead atoms. The van der Waals surface area contributed by atoms with Gasteiger partial charge in [-0.05, 0) is 54.7 Å². The van der Waals surface area contributed by atoms with Crippen LogP contribution in [0.1, 0.15) is 23.2 Å². The molecule has 20 heavy (non-hydrogen) atoms. The zero-order valence-corrected chi connectivity index (χ0v) is 11.9. The lowest BCUT2D eigenvalue weighted by molar-refractivity contribution is 0.580. The van der Waals surface area contributed by atoms with Gasteiger partial charge in [-0.2, -0.15) is 0 Å². The van der Waals surface area contributed by atoms with Crippen LogP contribution in [0.3, 0.4) is 0 Å². The van der Waals surface area contributed by atoms with Gasteiger partial charge >= 0.3 is 0 Å². The SMILES string of the molecule is O=S(=O)(NCc1ccccn1)c1ccc2c(c1)CCC2. The highest BCUT2D eigenvalue weighted by molar-refractivity contribution is 7.89. The molecule has 0 radical (unpaired) electrons. The molecule has 1 aromatic heterocycles. The third kappa shape index (κ3) is 2.73. The molecule has 0 aliphatic heterocycles. The Kier molecular flexibility index (Phi) is 3.54. The summed E-state index contributed by atoms with van der Waals surface area (Å²) in [7, 11) is -3.47. The molecule has 0 saturated carbocycles. The molecule has 1 heterocycles. The van der Waals surface area contributed by atoms with Crippen LogP contribution in [0.2, 0.25) is 0 Å². The molecule has 0 amide bonds. The zero-order valence-electron chi connectivity index (χ0n) is 11.0. The topological polar surface area (TPSA) is 59.1 Å². The van der Waals surface area contributed by atoms with Crippen molar-refractivity contribution in [3.8, 4) is 0 Å². The van der Waals surface area contributed by atoms with Gasteiger partial charge in [0.25, 0.3) is 0 Å². The van der Waals surface area contributed by atoms with E-state index >= 15 is 0 Å². The molecule has 1 aliphatic rings. The molecule has 104 valence electrons. The molecular weight excluding hydrogens is 272 g/mol. The summed E-state index contributed by atoms with van der Waals surface area (Å²) in [6.45, 7) is 0.209. The minimum Gasteiger partial charge on any atom is -0.260 e. The van der Waals surface area contributed by atoms with Crippen LogP contribution in [0, 0.1) is 0 Å². The largest absolute Gasteiger partial charge is 0.260 e. The van der Waals surface area contributed by atoms with E-state index in [1.54, 1.807) is 30.5 Å². The van der Waals surface area contributed by atoms with Crippen molar-refractivity contribution in [2.75, 3.05) is 0 Å². The van der Waals surface area contributed by atoms with Gasteiger partial charge in [0.15, 0.2) is 0 Å². The maximum Gasteiger partial charge on any atom is 0.240 e. The van der Waals surface area contributed by atoms with Crippen molar-refractivity contribution in [2.24, 2.45) is 0 Å².